The van der Waals surface area contributed by atoms with Crippen molar-refractivity contribution in [1.29, 1.82) is 0 Å². The topological polar surface area (TPSA) is 152 Å². The summed E-state index contributed by atoms with van der Waals surface area (Å²) in [5.41, 5.74) is 0. The Morgan fingerprint density at radius 2 is 0.892 bits per heavy atom. The number of ether oxygens (including phenoxy) is 2. The SMILES string of the molecule is CCCCCCCCC(CCCCCC)C(=O)OCCCCCCNC(=O)CC[C@H](NC(=O)[C@@H]1CCCN1)C(=O)NCCCCCCOC(=O)C(CCCCCC)CCCCCCCC. The summed E-state index contributed by atoms with van der Waals surface area (Å²) in [7, 11) is 0. The molecule has 65 heavy (non-hydrogen) atoms. The Hall–Kier alpha value is -2.69. The lowest BCUT2D eigenvalue weighted by atomic mass is 9.94. The molecule has 4 N–H and O–H groups in total. The first-order valence-electron chi connectivity index (χ1n) is 27.7. The van der Waals surface area contributed by atoms with Gasteiger partial charge in [-0.1, -0.05) is 169 Å². The van der Waals surface area contributed by atoms with Gasteiger partial charge in [0, 0.05) is 19.5 Å². The summed E-state index contributed by atoms with van der Waals surface area (Å²) in [5.74, 6) is -0.608. The summed E-state index contributed by atoms with van der Waals surface area (Å²) in [5, 5.41) is 12.1. The molecular formula is C54H102N4O7. The van der Waals surface area contributed by atoms with Crippen LogP contribution in [0.25, 0.3) is 0 Å². The van der Waals surface area contributed by atoms with Crippen LogP contribution in [0.1, 0.15) is 259 Å². The first-order chi connectivity index (χ1) is 31.8. The Kier molecular flexibility index (Phi) is 40.7. The van der Waals surface area contributed by atoms with Crippen molar-refractivity contribution in [2.75, 3.05) is 32.8 Å². The highest BCUT2D eigenvalue weighted by atomic mass is 16.5. The van der Waals surface area contributed by atoms with Crippen molar-refractivity contribution in [2.24, 2.45) is 11.8 Å². The van der Waals surface area contributed by atoms with Crippen molar-refractivity contribution < 1.29 is 33.4 Å². The molecule has 0 aromatic carbocycles. The second-order valence-electron chi connectivity index (χ2n) is 19.3. The predicted molar refractivity (Wildman–Crippen MR) is 268 cm³/mol. The molecule has 1 aliphatic heterocycles. The fourth-order valence-electron chi connectivity index (χ4n) is 8.86. The van der Waals surface area contributed by atoms with E-state index in [-0.39, 0.29) is 60.4 Å². The zero-order chi connectivity index (χ0) is 47.4. The van der Waals surface area contributed by atoms with Crippen molar-refractivity contribution in [3.63, 3.8) is 0 Å². The van der Waals surface area contributed by atoms with Crippen molar-refractivity contribution in [3.8, 4) is 0 Å². The van der Waals surface area contributed by atoms with Crippen LogP contribution in [0.15, 0.2) is 0 Å². The number of unbranched alkanes of at least 4 members (excludes halogenated alkanes) is 22. The van der Waals surface area contributed by atoms with Gasteiger partial charge in [-0.2, -0.15) is 0 Å². The predicted octanol–water partition coefficient (Wildman–Crippen LogP) is 12.1. The molecule has 1 saturated heterocycles. The molecule has 1 fully saturated rings. The van der Waals surface area contributed by atoms with Gasteiger partial charge in [-0.25, -0.2) is 0 Å². The molecule has 0 radical (unpaired) electrons. The summed E-state index contributed by atoms with van der Waals surface area (Å²) < 4.78 is 11.5. The minimum atomic E-state index is -0.786. The summed E-state index contributed by atoms with van der Waals surface area (Å²) >= 11 is 0. The van der Waals surface area contributed by atoms with Crippen LogP contribution >= 0.6 is 0 Å². The van der Waals surface area contributed by atoms with E-state index in [9.17, 15) is 24.0 Å². The third-order valence-electron chi connectivity index (χ3n) is 13.2. The quantitative estimate of drug-likeness (QED) is 0.0348. The van der Waals surface area contributed by atoms with Gasteiger partial charge in [-0.3, -0.25) is 24.0 Å². The highest BCUT2D eigenvalue weighted by Crippen LogP contribution is 2.22. The number of hydrogen-bond acceptors (Lipinski definition) is 8. The average Bonchev–Trinajstić information content (AvgIpc) is 3.86. The summed E-state index contributed by atoms with van der Waals surface area (Å²) in [6.45, 7) is 11.6. The summed E-state index contributed by atoms with van der Waals surface area (Å²) in [6.07, 6.45) is 36.7. The molecule has 3 amide bonds. The lowest BCUT2D eigenvalue weighted by Gasteiger charge is -2.20. The zero-order valence-corrected chi connectivity index (χ0v) is 42.7. The lowest BCUT2D eigenvalue weighted by Crippen LogP contribution is -2.51. The van der Waals surface area contributed by atoms with Gasteiger partial charge in [0.05, 0.1) is 31.1 Å². The molecular weight excluding hydrogens is 817 g/mol. The minimum absolute atomic E-state index is 0.0141. The van der Waals surface area contributed by atoms with E-state index >= 15 is 0 Å². The molecule has 1 heterocycles. The molecule has 380 valence electrons. The standard InChI is InChI=1S/C54H102N4O7/c1-5-9-13-17-19-27-36-46(34-25-15-11-7-3)53(62)64-44-31-23-21-29-41-56-50(59)40-39-49(58-52(61)48-38-33-43-55-48)51(60)57-42-30-22-24-32-45-65-54(63)47(35-26-16-12-8-4)37-28-20-18-14-10-6-2/h46-49,55H,5-45H2,1-4H3,(H,56,59)(H,57,60)(H,58,61)/t46?,47?,48-,49-/m0/s1. The number of carbonyl (C=O) groups is 5. The first-order valence-corrected chi connectivity index (χ1v) is 27.7. The van der Waals surface area contributed by atoms with Crippen LogP contribution in [0, 0.1) is 11.8 Å². The fraction of sp³-hybridized carbons (Fsp3) is 0.907. The maximum Gasteiger partial charge on any atom is 0.308 e. The van der Waals surface area contributed by atoms with Crippen molar-refractivity contribution >= 4 is 29.7 Å². The highest BCUT2D eigenvalue weighted by molar-refractivity contribution is 5.90. The van der Waals surface area contributed by atoms with Crippen LogP contribution in [-0.4, -0.2) is 74.6 Å². The molecule has 11 nitrogen and oxygen atoms in total. The maximum atomic E-state index is 13.3. The molecule has 11 heteroatoms. The number of rotatable bonds is 46. The summed E-state index contributed by atoms with van der Waals surface area (Å²) in [6, 6.07) is -1.10. The third kappa shape index (κ3) is 34.3. The van der Waals surface area contributed by atoms with Crippen LogP contribution in [0.5, 0.6) is 0 Å². The van der Waals surface area contributed by atoms with E-state index in [1.165, 1.54) is 103 Å². The fourth-order valence-corrected chi connectivity index (χ4v) is 8.86. The van der Waals surface area contributed by atoms with E-state index < -0.39 is 6.04 Å². The minimum Gasteiger partial charge on any atom is -0.465 e. The molecule has 0 aliphatic carbocycles. The van der Waals surface area contributed by atoms with E-state index in [1.54, 1.807) is 0 Å². The second kappa shape index (κ2) is 43.9. The average molecular weight is 919 g/mol. The second-order valence-corrected chi connectivity index (χ2v) is 19.3. The Morgan fingerprint density at radius 3 is 1.34 bits per heavy atom. The molecule has 0 aromatic rings. The maximum absolute atomic E-state index is 13.3. The molecule has 0 spiro atoms. The van der Waals surface area contributed by atoms with Crippen LogP contribution in [0.2, 0.25) is 0 Å². The lowest BCUT2D eigenvalue weighted by molar-refractivity contribution is -0.150. The Balaban J connectivity index is 2.38. The first kappa shape index (κ1) is 60.3. The van der Waals surface area contributed by atoms with Gasteiger partial charge in [0.15, 0.2) is 0 Å². The van der Waals surface area contributed by atoms with E-state index in [2.05, 4.69) is 49.0 Å². The Morgan fingerprint density at radius 1 is 0.492 bits per heavy atom. The van der Waals surface area contributed by atoms with Gasteiger partial charge in [0.25, 0.3) is 0 Å². The number of esters is 2. The normalized spacial score (nSPS) is 15.0. The van der Waals surface area contributed by atoms with Crippen molar-refractivity contribution in [1.82, 2.24) is 21.3 Å². The van der Waals surface area contributed by atoms with Crippen LogP contribution in [0.3, 0.4) is 0 Å². The molecule has 0 saturated carbocycles. The Bertz CT molecular complexity index is 1180. The van der Waals surface area contributed by atoms with Crippen LogP contribution in [-0.2, 0) is 33.4 Å². The van der Waals surface area contributed by atoms with E-state index in [0.29, 0.717) is 26.3 Å². The van der Waals surface area contributed by atoms with Gasteiger partial charge in [-0.15, -0.1) is 0 Å². The number of carbonyl (C=O) groups excluding carboxylic acids is 5. The highest BCUT2D eigenvalue weighted by Gasteiger charge is 2.28. The number of hydrogen-bond donors (Lipinski definition) is 4. The van der Waals surface area contributed by atoms with Gasteiger partial charge in [-0.05, 0) is 90.0 Å². The Labute approximate surface area is 398 Å². The van der Waals surface area contributed by atoms with Gasteiger partial charge in [0.2, 0.25) is 17.7 Å². The molecule has 0 bridgehead atoms. The van der Waals surface area contributed by atoms with Crippen LogP contribution < -0.4 is 21.3 Å². The van der Waals surface area contributed by atoms with Crippen LogP contribution in [0.4, 0.5) is 0 Å². The molecule has 1 rings (SSSR count). The van der Waals surface area contributed by atoms with Gasteiger partial charge >= 0.3 is 11.9 Å². The third-order valence-corrected chi connectivity index (χ3v) is 13.2. The van der Waals surface area contributed by atoms with Gasteiger partial charge in [0.1, 0.15) is 6.04 Å². The molecule has 4 atom stereocenters. The van der Waals surface area contributed by atoms with Crippen molar-refractivity contribution in [3.05, 3.63) is 0 Å². The molecule has 2 unspecified atom stereocenters. The number of amides is 3. The monoisotopic (exact) mass is 919 g/mol. The van der Waals surface area contributed by atoms with Gasteiger partial charge < -0.3 is 30.7 Å². The van der Waals surface area contributed by atoms with E-state index in [1.807, 2.05) is 0 Å². The molecule has 1 aliphatic rings. The van der Waals surface area contributed by atoms with E-state index in [4.69, 9.17) is 9.47 Å². The number of nitrogens with one attached hydrogen (secondary N) is 4. The zero-order valence-electron chi connectivity index (χ0n) is 42.7. The summed E-state index contributed by atoms with van der Waals surface area (Å²) in [4.78, 5) is 65.0. The smallest absolute Gasteiger partial charge is 0.308 e. The molecule has 0 aromatic heterocycles. The van der Waals surface area contributed by atoms with Crippen molar-refractivity contribution in [2.45, 2.75) is 271 Å². The largest absolute Gasteiger partial charge is 0.465 e. The van der Waals surface area contributed by atoms with E-state index in [0.717, 1.165) is 122 Å².